The van der Waals surface area contributed by atoms with Crippen LogP contribution in [0.15, 0.2) is 0 Å². The molecule has 0 aliphatic carbocycles. The second-order valence-corrected chi connectivity index (χ2v) is 2.59. The van der Waals surface area contributed by atoms with E-state index in [1.54, 1.807) is 0 Å². The first-order valence-electron chi connectivity index (χ1n) is 3.54. The van der Waals surface area contributed by atoms with Crippen molar-refractivity contribution in [3.8, 4) is 6.07 Å². The van der Waals surface area contributed by atoms with E-state index in [9.17, 15) is 4.79 Å². The molecule has 5 nitrogen and oxygen atoms in total. The summed E-state index contributed by atoms with van der Waals surface area (Å²) in [5, 5.41) is 11.2. The van der Waals surface area contributed by atoms with E-state index in [2.05, 4.69) is 5.32 Å². The molecular formula is C6H9BN2O3. The quantitative estimate of drug-likeness (QED) is 0.486. The molecule has 0 unspecified atom stereocenters. The molecule has 0 bridgehead atoms. The van der Waals surface area contributed by atoms with Crippen molar-refractivity contribution in [2.45, 2.75) is 0 Å². The predicted octanol–water partition coefficient (Wildman–Crippen LogP) is -1.44. The van der Waals surface area contributed by atoms with Gasteiger partial charge in [-0.3, -0.25) is 4.79 Å². The first-order valence-corrected chi connectivity index (χ1v) is 3.54. The number of nitrogens with zero attached hydrogens (tertiary/aromatic N) is 1. The van der Waals surface area contributed by atoms with E-state index in [1.165, 1.54) is 7.05 Å². The van der Waals surface area contributed by atoms with Gasteiger partial charge in [0.2, 0.25) is 5.91 Å². The Morgan fingerprint density at radius 3 is 2.67 bits per heavy atom. The zero-order valence-corrected chi connectivity index (χ0v) is 6.79. The molecule has 64 valence electrons. The van der Waals surface area contributed by atoms with Crippen LogP contribution in [0.3, 0.4) is 0 Å². The molecule has 1 amide bonds. The Bertz CT molecular complexity index is 219. The smallest absolute Gasteiger partial charge is 0.412 e. The van der Waals surface area contributed by atoms with Gasteiger partial charge in [0, 0.05) is 7.05 Å². The van der Waals surface area contributed by atoms with Crippen LogP contribution in [0.2, 0.25) is 0 Å². The van der Waals surface area contributed by atoms with E-state index in [0.717, 1.165) is 0 Å². The molecule has 1 fully saturated rings. The largest absolute Gasteiger partial charge is 0.438 e. The van der Waals surface area contributed by atoms with E-state index in [4.69, 9.17) is 14.6 Å². The molecule has 0 saturated carbocycles. The predicted molar refractivity (Wildman–Crippen MR) is 41.2 cm³/mol. The molecule has 0 aromatic heterocycles. The van der Waals surface area contributed by atoms with Crippen molar-refractivity contribution in [2.75, 3.05) is 20.3 Å². The Hall–Kier alpha value is -1.06. The third-order valence-electron chi connectivity index (χ3n) is 1.74. The molecule has 1 rings (SSSR count). The molecule has 1 heterocycles. The van der Waals surface area contributed by atoms with Crippen LogP contribution < -0.4 is 5.32 Å². The van der Waals surface area contributed by atoms with Gasteiger partial charge in [-0.1, -0.05) is 0 Å². The van der Waals surface area contributed by atoms with Crippen molar-refractivity contribution in [3.63, 3.8) is 0 Å². The van der Waals surface area contributed by atoms with Crippen molar-refractivity contribution >= 4 is 13.6 Å². The fraction of sp³-hybridized carbons (Fsp3) is 0.667. The van der Waals surface area contributed by atoms with Crippen LogP contribution in [0.5, 0.6) is 0 Å². The number of amides is 1. The monoisotopic (exact) mass is 168 g/mol. The van der Waals surface area contributed by atoms with Gasteiger partial charge >= 0.3 is 7.69 Å². The van der Waals surface area contributed by atoms with Crippen LogP contribution >= 0.6 is 0 Å². The van der Waals surface area contributed by atoms with E-state index < -0.39 is 5.41 Å². The highest BCUT2D eigenvalue weighted by atomic mass is 16.6. The maximum absolute atomic E-state index is 11.2. The Balaban J connectivity index is 2.74. The SMILES string of the molecule is CNC(=O)C1(C#N)COBOC1. The molecule has 0 spiro atoms. The lowest BCUT2D eigenvalue weighted by Gasteiger charge is -2.28. The van der Waals surface area contributed by atoms with Gasteiger partial charge < -0.3 is 14.6 Å². The van der Waals surface area contributed by atoms with Gasteiger partial charge in [0.25, 0.3) is 0 Å². The molecule has 0 radical (unpaired) electrons. The summed E-state index contributed by atoms with van der Waals surface area (Å²) >= 11 is 0. The maximum Gasteiger partial charge on any atom is 0.438 e. The highest BCUT2D eigenvalue weighted by Gasteiger charge is 2.41. The lowest BCUT2D eigenvalue weighted by molar-refractivity contribution is -0.132. The van der Waals surface area contributed by atoms with Gasteiger partial charge in [-0.05, 0) is 0 Å². The topological polar surface area (TPSA) is 71.4 Å². The Kier molecular flexibility index (Phi) is 2.68. The summed E-state index contributed by atoms with van der Waals surface area (Å²) in [5.74, 6) is -0.357. The first kappa shape index (κ1) is 9.04. The highest BCUT2D eigenvalue weighted by Crippen LogP contribution is 2.20. The number of carbonyl (C=O) groups excluding carboxylic acids is 1. The molecule has 0 atom stereocenters. The normalized spacial score (nSPS) is 20.3. The lowest BCUT2D eigenvalue weighted by Crippen LogP contribution is -2.48. The van der Waals surface area contributed by atoms with E-state index in [-0.39, 0.29) is 26.8 Å². The average Bonchev–Trinajstić information content (AvgIpc) is 2.17. The van der Waals surface area contributed by atoms with Crippen LogP contribution in [-0.4, -0.2) is 33.9 Å². The molecule has 1 aliphatic heterocycles. The van der Waals surface area contributed by atoms with Crippen molar-refractivity contribution in [3.05, 3.63) is 0 Å². The number of nitriles is 1. The third kappa shape index (κ3) is 1.42. The molecule has 1 aliphatic rings. The standard InChI is InChI=1S/C6H9BN2O3/c1-9-5(10)6(2-8)3-11-7-12-4-6/h7H,3-4H2,1H3,(H,9,10). The zero-order chi connectivity index (χ0) is 9.03. The van der Waals surface area contributed by atoms with Gasteiger partial charge in [0.05, 0.1) is 19.3 Å². The van der Waals surface area contributed by atoms with Crippen LogP contribution in [0.25, 0.3) is 0 Å². The zero-order valence-electron chi connectivity index (χ0n) is 6.79. The summed E-state index contributed by atoms with van der Waals surface area (Å²) < 4.78 is 9.79. The molecule has 12 heavy (non-hydrogen) atoms. The van der Waals surface area contributed by atoms with Crippen LogP contribution in [0.4, 0.5) is 0 Å². The van der Waals surface area contributed by atoms with Gasteiger partial charge in [0.1, 0.15) is 0 Å². The minimum atomic E-state index is -1.16. The van der Waals surface area contributed by atoms with Gasteiger partial charge in [-0.15, -0.1) is 0 Å². The van der Waals surface area contributed by atoms with E-state index >= 15 is 0 Å². The van der Waals surface area contributed by atoms with Crippen molar-refractivity contribution in [1.29, 1.82) is 5.26 Å². The highest BCUT2D eigenvalue weighted by molar-refractivity contribution is 6.18. The number of carbonyl (C=O) groups is 1. The van der Waals surface area contributed by atoms with Crippen molar-refractivity contribution in [2.24, 2.45) is 5.41 Å². The first-order chi connectivity index (χ1) is 5.75. The summed E-state index contributed by atoms with van der Waals surface area (Å²) in [6.45, 7) is 0.201. The van der Waals surface area contributed by atoms with Gasteiger partial charge in [-0.2, -0.15) is 5.26 Å². The summed E-state index contributed by atoms with van der Waals surface area (Å²) in [7, 11) is 1.64. The lowest BCUT2D eigenvalue weighted by atomic mass is 9.89. The number of nitrogens with one attached hydrogen (secondary N) is 1. The average molecular weight is 168 g/mol. The van der Waals surface area contributed by atoms with Gasteiger partial charge in [-0.25, -0.2) is 0 Å². The number of rotatable bonds is 1. The Labute approximate surface area is 70.9 Å². The van der Waals surface area contributed by atoms with Crippen LogP contribution in [-0.2, 0) is 14.1 Å². The number of hydrogen-bond donors (Lipinski definition) is 1. The fourth-order valence-corrected chi connectivity index (χ4v) is 1.02. The fourth-order valence-electron chi connectivity index (χ4n) is 1.02. The minimum Gasteiger partial charge on any atom is -0.412 e. The third-order valence-corrected chi connectivity index (χ3v) is 1.74. The molecule has 0 aromatic rings. The van der Waals surface area contributed by atoms with Gasteiger partial charge in [0.15, 0.2) is 5.41 Å². The minimum absolute atomic E-state index is 0.100. The second kappa shape index (κ2) is 3.56. The molecular weight excluding hydrogens is 159 g/mol. The van der Waals surface area contributed by atoms with Crippen molar-refractivity contribution < 1.29 is 14.1 Å². The molecule has 1 N–H and O–H groups in total. The summed E-state index contributed by atoms with van der Waals surface area (Å²) in [6, 6.07) is 1.91. The Morgan fingerprint density at radius 1 is 1.67 bits per heavy atom. The van der Waals surface area contributed by atoms with Crippen LogP contribution in [0.1, 0.15) is 0 Å². The van der Waals surface area contributed by atoms with Crippen LogP contribution in [0, 0.1) is 16.7 Å². The summed E-state index contributed by atoms with van der Waals surface area (Å²) in [4.78, 5) is 11.2. The van der Waals surface area contributed by atoms with E-state index in [1.807, 2.05) is 6.07 Å². The summed E-state index contributed by atoms with van der Waals surface area (Å²) in [6.07, 6.45) is 0. The molecule has 6 heteroatoms. The Morgan fingerprint density at radius 2 is 2.25 bits per heavy atom. The second-order valence-electron chi connectivity index (χ2n) is 2.59. The maximum atomic E-state index is 11.2. The molecule has 0 aromatic carbocycles. The number of hydrogen-bond acceptors (Lipinski definition) is 4. The van der Waals surface area contributed by atoms with Crippen molar-refractivity contribution in [1.82, 2.24) is 5.32 Å². The summed E-state index contributed by atoms with van der Waals surface area (Å²) in [5.41, 5.74) is -1.16. The van der Waals surface area contributed by atoms with E-state index in [0.29, 0.717) is 0 Å². The molecule has 1 saturated heterocycles.